The molecule has 27 heavy (non-hydrogen) atoms. The summed E-state index contributed by atoms with van der Waals surface area (Å²) >= 11 is 0. The Morgan fingerprint density at radius 2 is 1.81 bits per heavy atom. The molecule has 7 heteroatoms. The van der Waals surface area contributed by atoms with Gasteiger partial charge in [0, 0.05) is 24.7 Å². The number of anilines is 1. The monoisotopic (exact) mass is 396 g/mol. The second-order valence-corrected chi connectivity index (χ2v) is 10.2. The predicted molar refractivity (Wildman–Crippen MR) is 108 cm³/mol. The van der Waals surface area contributed by atoms with Gasteiger partial charge in [-0.25, -0.2) is 13.1 Å². The molecule has 1 saturated carbocycles. The Labute approximate surface area is 163 Å². The average molecular weight is 397 g/mol. The molecule has 1 aliphatic carbocycles. The van der Waals surface area contributed by atoms with Gasteiger partial charge in [-0.15, -0.1) is 0 Å². The van der Waals surface area contributed by atoms with Gasteiger partial charge in [0.2, 0.25) is 10.0 Å². The Morgan fingerprint density at radius 1 is 1.11 bits per heavy atom. The molecule has 0 aromatic heterocycles. The molecule has 1 heterocycles. The van der Waals surface area contributed by atoms with Gasteiger partial charge in [0.25, 0.3) is 0 Å². The number of ether oxygens (including phenoxy) is 2. The lowest BCUT2D eigenvalue weighted by molar-refractivity contribution is 0.141. The van der Waals surface area contributed by atoms with Crippen LogP contribution in [0, 0.1) is 5.92 Å². The van der Waals surface area contributed by atoms with Gasteiger partial charge in [0.1, 0.15) is 11.9 Å². The van der Waals surface area contributed by atoms with E-state index < -0.39 is 10.0 Å². The van der Waals surface area contributed by atoms with Crippen LogP contribution in [0.3, 0.4) is 0 Å². The summed E-state index contributed by atoms with van der Waals surface area (Å²) in [5, 5.41) is 3.13. The minimum absolute atomic E-state index is 0.0876. The van der Waals surface area contributed by atoms with Gasteiger partial charge < -0.3 is 14.8 Å². The fraction of sp³-hybridized carbons (Fsp3) is 0.700. The first-order valence-electron chi connectivity index (χ1n) is 10.0. The third-order valence-corrected chi connectivity index (χ3v) is 7.34. The van der Waals surface area contributed by atoms with Crippen LogP contribution in [-0.2, 0) is 14.8 Å². The van der Waals surface area contributed by atoms with Crippen molar-refractivity contribution in [2.24, 2.45) is 5.92 Å². The highest BCUT2D eigenvalue weighted by Gasteiger charge is 2.26. The lowest BCUT2D eigenvalue weighted by Gasteiger charge is -2.29. The van der Waals surface area contributed by atoms with Crippen molar-refractivity contribution in [2.75, 3.05) is 25.1 Å². The Hall–Kier alpha value is -1.31. The summed E-state index contributed by atoms with van der Waals surface area (Å²) < 4.78 is 38.0. The van der Waals surface area contributed by atoms with E-state index in [1.165, 1.54) is 0 Å². The zero-order chi connectivity index (χ0) is 19.3. The van der Waals surface area contributed by atoms with Crippen LogP contribution in [0.5, 0.6) is 5.75 Å². The van der Waals surface area contributed by atoms with Crippen molar-refractivity contribution in [3.63, 3.8) is 0 Å². The molecule has 152 valence electrons. The van der Waals surface area contributed by atoms with Crippen molar-refractivity contribution < 1.29 is 17.9 Å². The first-order chi connectivity index (χ1) is 12.9. The van der Waals surface area contributed by atoms with Crippen LogP contribution in [0.25, 0.3) is 0 Å². The van der Waals surface area contributed by atoms with Crippen LogP contribution in [0.4, 0.5) is 5.69 Å². The molecule has 6 nitrogen and oxygen atoms in total. The Morgan fingerprint density at radius 3 is 2.41 bits per heavy atom. The summed E-state index contributed by atoms with van der Waals surface area (Å²) in [7, 11) is -3.17. The number of sulfonamides is 1. The lowest BCUT2D eigenvalue weighted by Crippen LogP contribution is -2.41. The van der Waals surface area contributed by atoms with Gasteiger partial charge in [-0.3, -0.25) is 0 Å². The molecule has 3 rings (SSSR count). The second-order valence-electron chi connectivity index (χ2n) is 7.94. The number of rotatable bonds is 8. The third-order valence-electron chi connectivity index (χ3n) is 5.44. The van der Waals surface area contributed by atoms with E-state index >= 15 is 0 Å². The van der Waals surface area contributed by atoms with E-state index in [0.29, 0.717) is 12.5 Å². The number of benzene rings is 1. The second kappa shape index (κ2) is 9.26. The Balaban J connectivity index is 1.38. The van der Waals surface area contributed by atoms with Gasteiger partial charge in [0.05, 0.1) is 18.5 Å². The van der Waals surface area contributed by atoms with Crippen LogP contribution >= 0.6 is 0 Å². The number of hydrogen-bond donors (Lipinski definition) is 2. The minimum Gasteiger partial charge on any atom is -0.488 e. The van der Waals surface area contributed by atoms with E-state index in [-0.39, 0.29) is 17.4 Å². The first kappa shape index (κ1) is 20.4. The van der Waals surface area contributed by atoms with E-state index in [1.54, 1.807) is 13.8 Å². The van der Waals surface area contributed by atoms with Crippen LogP contribution < -0.4 is 14.8 Å². The van der Waals surface area contributed by atoms with Crippen molar-refractivity contribution in [1.29, 1.82) is 0 Å². The molecule has 2 fully saturated rings. The van der Waals surface area contributed by atoms with Gasteiger partial charge in [-0.1, -0.05) is 0 Å². The average Bonchev–Trinajstić information content (AvgIpc) is 3.15. The highest BCUT2D eigenvalue weighted by Crippen LogP contribution is 2.26. The highest BCUT2D eigenvalue weighted by molar-refractivity contribution is 7.90. The Kier molecular flexibility index (Phi) is 7.00. The maximum Gasteiger partial charge on any atom is 0.214 e. The van der Waals surface area contributed by atoms with Crippen molar-refractivity contribution in [1.82, 2.24) is 4.72 Å². The van der Waals surface area contributed by atoms with E-state index in [4.69, 9.17) is 9.47 Å². The van der Waals surface area contributed by atoms with E-state index in [9.17, 15) is 8.42 Å². The SMILES string of the molecule is CC(C)S(=O)(=O)NC1CCC(CNc2ccc(OC3CCOC3)cc2)CC1. The van der Waals surface area contributed by atoms with Crippen molar-refractivity contribution >= 4 is 15.7 Å². The summed E-state index contributed by atoms with van der Waals surface area (Å²) in [6, 6.07) is 8.18. The molecular weight excluding hydrogens is 364 g/mol. The summed E-state index contributed by atoms with van der Waals surface area (Å²) in [4.78, 5) is 0. The maximum absolute atomic E-state index is 12.0. The smallest absolute Gasteiger partial charge is 0.214 e. The first-order valence-corrected chi connectivity index (χ1v) is 11.6. The maximum atomic E-state index is 12.0. The highest BCUT2D eigenvalue weighted by atomic mass is 32.2. The third kappa shape index (κ3) is 6.09. The molecule has 1 saturated heterocycles. The van der Waals surface area contributed by atoms with Crippen LogP contribution in [0.15, 0.2) is 24.3 Å². The fourth-order valence-corrected chi connectivity index (χ4v) is 4.54. The largest absolute Gasteiger partial charge is 0.488 e. The van der Waals surface area contributed by atoms with Gasteiger partial charge in [0.15, 0.2) is 0 Å². The Bertz CT molecular complexity index is 676. The molecule has 1 atom stereocenters. The topological polar surface area (TPSA) is 76.7 Å². The number of nitrogens with one attached hydrogen (secondary N) is 2. The van der Waals surface area contributed by atoms with E-state index in [2.05, 4.69) is 10.0 Å². The zero-order valence-corrected chi connectivity index (χ0v) is 17.1. The van der Waals surface area contributed by atoms with Gasteiger partial charge in [-0.05, 0) is 69.7 Å². The quantitative estimate of drug-likeness (QED) is 0.706. The van der Waals surface area contributed by atoms with Crippen molar-refractivity contribution in [2.45, 2.75) is 63.3 Å². The molecule has 1 aromatic carbocycles. The summed E-state index contributed by atoms with van der Waals surface area (Å²) in [6.07, 6.45) is 5.04. The lowest BCUT2D eigenvalue weighted by atomic mass is 9.86. The van der Waals surface area contributed by atoms with Gasteiger partial charge in [-0.2, -0.15) is 0 Å². The fourth-order valence-electron chi connectivity index (χ4n) is 3.56. The van der Waals surface area contributed by atoms with Crippen LogP contribution in [0.2, 0.25) is 0 Å². The van der Waals surface area contributed by atoms with Crippen molar-refractivity contribution in [3.8, 4) is 5.75 Å². The molecule has 0 radical (unpaired) electrons. The molecule has 1 aromatic rings. The van der Waals surface area contributed by atoms with E-state index in [1.807, 2.05) is 24.3 Å². The molecule has 0 bridgehead atoms. The molecular formula is C20H32N2O4S. The normalized spacial score (nSPS) is 26.3. The molecule has 1 unspecified atom stereocenters. The molecule has 1 aliphatic heterocycles. The zero-order valence-electron chi connectivity index (χ0n) is 16.3. The predicted octanol–water partition coefficient (Wildman–Crippen LogP) is 3.15. The summed E-state index contributed by atoms with van der Waals surface area (Å²) in [5.41, 5.74) is 1.09. The van der Waals surface area contributed by atoms with Crippen LogP contribution in [-0.4, -0.2) is 45.6 Å². The van der Waals surface area contributed by atoms with Crippen molar-refractivity contribution in [3.05, 3.63) is 24.3 Å². The summed E-state index contributed by atoms with van der Waals surface area (Å²) in [5.74, 6) is 1.46. The summed E-state index contributed by atoms with van der Waals surface area (Å²) in [6.45, 7) is 5.81. The molecule has 2 aliphatic rings. The van der Waals surface area contributed by atoms with Gasteiger partial charge >= 0.3 is 0 Å². The molecule has 0 spiro atoms. The molecule has 2 N–H and O–H groups in total. The number of hydrogen-bond acceptors (Lipinski definition) is 5. The minimum atomic E-state index is -3.17. The standard InChI is InChI=1S/C20H32N2O4S/c1-15(2)27(23,24)22-18-5-3-16(4-6-18)13-21-17-7-9-19(10-8-17)26-20-11-12-25-14-20/h7-10,15-16,18,20-22H,3-6,11-14H2,1-2H3. The van der Waals surface area contributed by atoms with E-state index in [0.717, 1.165) is 56.7 Å². The molecule has 0 amide bonds. The van der Waals surface area contributed by atoms with Crippen LogP contribution in [0.1, 0.15) is 46.0 Å².